The predicted molar refractivity (Wildman–Crippen MR) is 92.5 cm³/mol. The van der Waals surface area contributed by atoms with Gasteiger partial charge in [-0.1, -0.05) is 19.9 Å². The molecule has 0 saturated carbocycles. The third-order valence-electron chi connectivity index (χ3n) is 3.71. The van der Waals surface area contributed by atoms with Gasteiger partial charge in [-0.25, -0.2) is 0 Å². The molecule has 2 heterocycles. The van der Waals surface area contributed by atoms with Gasteiger partial charge in [-0.2, -0.15) is 5.10 Å². The first kappa shape index (κ1) is 15.3. The quantitative estimate of drug-likeness (QED) is 0.732. The number of H-pyrrole nitrogens is 1. The number of aromatic amines is 1. The molecule has 0 atom stereocenters. The summed E-state index contributed by atoms with van der Waals surface area (Å²) < 4.78 is 5.99. The average molecular weight is 310 g/mol. The van der Waals surface area contributed by atoms with Gasteiger partial charge in [-0.15, -0.1) is 0 Å². The van der Waals surface area contributed by atoms with Gasteiger partial charge in [0.2, 0.25) is 0 Å². The fourth-order valence-electron chi connectivity index (χ4n) is 2.68. The molecule has 0 spiro atoms. The SMILES string of the molecule is CC(C)Cc1cc(OCCc2ccccn2)c2[nH]nc(N)c2c1. The smallest absolute Gasteiger partial charge is 0.153 e. The van der Waals surface area contributed by atoms with Crippen LogP contribution in [0.5, 0.6) is 5.75 Å². The molecule has 0 aliphatic heterocycles. The topological polar surface area (TPSA) is 76.8 Å². The van der Waals surface area contributed by atoms with Crippen molar-refractivity contribution in [3.8, 4) is 5.75 Å². The molecule has 0 bridgehead atoms. The van der Waals surface area contributed by atoms with Crippen molar-refractivity contribution < 1.29 is 4.74 Å². The van der Waals surface area contributed by atoms with Crippen molar-refractivity contribution in [2.75, 3.05) is 12.3 Å². The Balaban J connectivity index is 1.80. The fourth-order valence-corrected chi connectivity index (χ4v) is 2.68. The van der Waals surface area contributed by atoms with Crippen LogP contribution in [0, 0.1) is 5.92 Å². The molecule has 0 unspecified atom stereocenters. The van der Waals surface area contributed by atoms with E-state index in [1.54, 1.807) is 6.20 Å². The zero-order valence-electron chi connectivity index (χ0n) is 13.5. The van der Waals surface area contributed by atoms with E-state index in [9.17, 15) is 0 Å². The fraction of sp³-hybridized carbons (Fsp3) is 0.333. The van der Waals surface area contributed by atoms with Crippen LogP contribution in [0.15, 0.2) is 36.5 Å². The largest absolute Gasteiger partial charge is 0.491 e. The summed E-state index contributed by atoms with van der Waals surface area (Å²) in [4.78, 5) is 4.31. The predicted octanol–water partition coefficient (Wildman–Crippen LogP) is 3.36. The highest BCUT2D eigenvalue weighted by Gasteiger charge is 2.12. The molecule has 3 N–H and O–H groups in total. The van der Waals surface area contributed by atoms with E-state index < -0.39 is 0 Å². The van der Waals surface area contributed by atoms with E-state index in [-0.39, 0.29) is 0 Å². The lowest BCUT2D eigenvalue weighted by molar-refractivity contribution is 0.323. The Bertz CT molecular complexity index is 780. The molecule has 3 rings (SSSR count). The van der Waals surface area contributed by atoms with E-state index in [1.807, 2.05) is 18.2 Å². The number of pyridine rings is 1. The van der Waals surface area contributed by atoms with Crippen LogP contribution in [0.2, 0.25) is 0 Å². The number of ether oxygens (including phenoxy) is 1. The van der Waals surface area contributed by atoms with Crippen LogP contribution in [-0.4, -0.2) is 21.8 Å². The number of nitrogens with two attached hydrogens (primary N) is 1. The molecule has 0 aliphatic rings. The van der Waals surface area contributed by atoms with Crippen LogP contribution in [0.1, 0.15) is 25.1 Å². The van der Waals surface area contributed by atoms with Crippen molar-refractivity contribution in [1.29, 1.82) is 0 Å². The summed E-state index contributed by atoms with van der Waals surface area (Å²) in [5, 5.41) is 8.00. The summed E-state index contributed by atoms with van der Waals surface area (Å²) in [6.07, 6.45) is 3.55. The molecule has 2 aromatic heterocycles. The summed E-state index contributed by atoms with van der Waals surface area (Å²) in [6.45, 7) is 4.96. The zero-order chi connectivity index (χ0) is 16.2. The minimum atomic E-state index is 0.514. The molecule has 120 valence electrons. The summed E-state index contributed by atoms with van der Waals surface area (Å²) >= 11 is 0. The van der Waals surface area contributed by atoms with Crippen molar-refractivity contribution in [3.05, 3.63) is 47.8 Å². The van der Waals surface area contributed by atoms with Gasteiger partial charge in [0, 0.05) is 23.7 Å². The Kier molecular flexibility index (Phi) is 4.46. The lowest BCUT2D eigenvalue weighted by Crippen LogP contribution is -2.04. The summed E-state index contributed by atoms with van der Waals surface area (Å²) in [5.74, 6) is 1.89. The van der Waals surface area contributed by atoms with Gasteiger partial charge in [-0.05, 0) is 42.2 Å². The summed E-state index contributed by atoms with van der Waals surface area (Å²) in [5.41, 5.74) is 9.05. The molecular formula is C18H22N4O. The number of nitrogens with one attached hydrogen (secondary N) is 1. The van der Waals surface area contributed by atoms with Crippen molar-refractivity contribution in [2.24, 2.45) is 5.92 Å². The zero-order valence-corrected chi connectivity index (χ0v) is 13.5. The van der Waals surface area contributed by atoms with E-state index in [0.29, 0.717) is 18.3 Å². The molecule has 5 nitrogen and oxygen atoms in total. The molecule has 23 heavy (non-hydrogen) atoms. The van der Waals surface area contributed by atoms with Gasteiger partial charge >= 0.3 is 0 Å². The Labute approximate surface area is 135 Å². The number of hydrogen-bond acceptors (Lipinski definition) is 4. The van der Waals surface area contributed by atoms with E-state index in [0.717, 1.165) is 35.2 Å². The number of nitrogen functional groups attached to an aromatic ring is 1. The Morgan fingerprint density at radius 1 is 1.26 bits per heavy atom. The molecule has 0 fully saturated rings. The van der Waals surface area contributed by atoms with Gasteiger partial charge in [0.05, 0.1) is 6.61 Å². The van der Waals surface area contributed by atoms with Gasteiger partial charge in [0.1, 0.15) is 11.3 Å². The van der Waals surface area contributed by atoms with Crippen LogP contribution in [0.3, 0.4) is 0 Å². The third kappa shape index (κ3) is 3.62. The number of fused-ring (bicyclic) bond motifs is 1. The van der Waals surface area contributed by atoms with Gasteiger partial charge in [0.15, 0.2) is 5.82 Å². The maximum Gasteiger partial charge on any atom is 0.153 e. The number of benzene rings is 1. The molecular weight excluding hydrogens is 288 g/mol. The van der Waals surface area contributed by atoms with Gasteiger partial charge in [0.25, 0.3) is 0 Å². The van der Waals surface area contributed by atoms with Crippen LogP contribution in [-0.2, 0) is 12.8 Å². The average Bonchev–Trinajstić information content (AvgIpc) is 2.89. The summed E-state index contributed by atoms with van der Waals surface area (Å²) in [7, 11) is 0. The highest BCUT2D eigenvalue weighted by Crippen LogP contribution is 2.30. The number of hydrogen-bond donors (Lipinski definition) is 2. The molecule has 1 aromatic carbocycles. The molecule has 0 radical (unpaired) electrons. The Morgan fingerprint density at radius 3 is 2.87 bits per heavy atom. The normalized spacial score (nSPS) is 11.3. The Morgan fingerprint density at radius 2 is 2.13 bits per heavy atom. The lowest BCUT2D eigenvalue weighted by Gasteiger charge is -2.11. The number of anilines is 1. The van der Waals surface area contributed by atoms with Crippen molar-refractivity contribution in [1.82, 2.24) is 15.2 Å². The van der Waals surface area contributed by atoms with Crippen molar-refractivity contribution in [3.63, 3.8) is 0 Å². The highest BCUT2D eigenvalue weighted by molar-refractivity contribution is 5.93. The monoisotopic (exact) mass is 310 g/mol. The number of nitrogens with zero attached hydrogens (tertiary/aromatic N) is 2. The van der Waals surface area contributed by atoms with Crippen LogP contribution < -0.4 is 10.5 Å². The molecule has 3 aromatic rings. The van der Waals surface area contributed by atoms with Crippen LogP contribution in [0.25, 0.3) is 10.9 Å². The second-order valence-corrected chi connectivity index (χ2v) is 6.14. The first-order chi connectivity index (χ1) is 11.1. The Hall–Kier alpha value is -2.56. The lowest BCUT2D eigenvalue weighted by atomic mass is 10.0. The first-order valence-corrected chi connectivity index (χ1v) is 7.92. The minimum Gasteiger partial charge on any atom is -0.491 e. The molecule has 0 amide bonds. The second-order valence-electron chi connectivity index (χ2n) is 6.14. The van der Waals surface area contributed by atoms with E-state index in [4.69, 9.17) is 10.5 Å². The van der Waals surface area contributed by atoms with Crippen molar-refractivity contribution in [2.45, 2.75) is 26.7 Å². The maximum absolute atomic E-state index is 5.99. The standard InChI is InChI=1S/C18H22N4O/c1-12(2)9-13-10-15-17(21-22-18(15)19)16(11-13)23-8-6-14-5-3-4-7-20-14/h3-5,7,10-12H,6,8-9H2,1-2H3,(H3,19,21,22). The van der Waals surface area contributed by atoms with Crippen LogP contribution in [0.4, 0.5) is 5.82 Å². The maximum atomic E-state index is 5.99. The summed E-state index contributed by atoms with van der Waals surface area (Å²) in [6, 6.07) is 10.1. The number of aromatic nitrogens is 3. The molecule has 0 saturated heterocycles. The van der Waals surface area contributed by atoms with E-state index in [2.05, 4.69) is 41.2 Å². The highest BCUT2D eigenvalue weighted by atomic mass is 16.5. The number of rotatable bonds is 6. The molecule has 0 aliphatic carbocycles. The van der Waals surface area contributed by atoms with Crippen LogP contribution >= 0.6 is 0 Å². The second kappa shape index (κ2) is 6.69. The van der Waals surface area contributed by atoms with Gasteiger partial charge < -0.3 is 10.5 Å². The van der Waals surface area contributed by atoms with Crippen molar-refractivity contribution >= 4 is 16.7 Å². The molecule has 5 heteroatoms. The third-order valence-corrected chi connectivity index (χ3v) is 3.71. The van der Waals surface area contributed by atoms with E-state index in [1.165, 1.54) is 5.56 Å². The minimum absolute atomic E-state index is 0.514. The van der Waals surface area contributed by atoms with Gasteiger partial charge in [-0.3, -0.25) is 10.1 Å². The van der Waals surface area contributed by atoms with E-state index >= 15 is 0 Å². The first-order valence-electron chi connectivity index (χ1n) is 7.92.